The van der Waals surface area contributed by atoms with Crippen LogP contribution in [0.25, 0.3) is 33.9 Å². The van der Waals surface area contributed by atoms with E-state index < -0.39 is 11.7 Å². The lowest BCUT2D eigenvalue weighted by atomic mass is 10.0. The molecule has 2 N–H and O–H groups in total. The number of nitrogens with two attached hydrogens (primary N) is 1. The van der Waals surface area contributed by atoms with Gasteiger partial charge in [-0.1, -0.05) is 24.3 Å². The minimum atomic E-state index is -4.37. The van der Waals surface area contributed by atoms with Crippen molar-refractivity contribution >= 4 is 5.69 Å². The maximum atomic E-state index is 12.8. The highest BCUT2D eigenvalue weighted by Gasteiger charge is 2.30. The Morgan fingerprint density at radius 2 is 1.53 bits per heavy atom. The summed E-state index contributed by atoms with van der Waals surface area (Å²) in [6.07, 6.45) is -2.72. The maximum absolute atomic E-state index is 12.8. The molecule has 0 spiro atoms. The van der Waals surface area contributed by atoms with Crippen LogP contribution in [0.2, 0.25) is 0 Å². The fourth-order valence-electron chi connectivity index (χ4n) is 3.14. The Morgan fingerprint density at radius 1 is 0.767 bits per heavy atom. The minimum Gasteiger partial charge on any atom is -0.399 e. The van der Waals surface area contributed by atoms with Gasteiger partial charge in [-0.25, -0.2) is 9.97 Å². The van der Waals surface area contributed by atoms with Crippen LogP contribution in [0.5, 0.6) is 0 Å². The largest absolute Gasteiger partial charge is 0.416 e. The smallest absolute Gasteiger partial charge is 0.399 e. The first-order valence-electron chi connectivity index (χ1n) is 9.15. The first kappa shape index (κ1) is 19.6. The van der Waals surface area contributed by atoms with Crippen molar-refractivity contribution in [1.29, 1.82) is 0 Å². The molecule has 0 fully saturated rings. The highest BCUT2D eigenvalue weighted by Crippen LogP contribution is 2.32. The molecule has 4 nitrogen and oxygen atoms in total. The molecule has 0 aliphatic carbocycles. The molecule has 4 rings (SSSR count). The van der Waals surface area contributed by atoms with Gasteiger partial charge in [0, 0.05) is 23.1 Å². The molecule has 0 radical (unpaired) electrons. The van der Waals surface area contributed by atoms with E-state index in [0.29, 0.717) is 28.5 Å². The number of anilines is 1. The summed E-state index contributed by atoms with van der Waals surface area (Å²) in [5, 5.41) is 0. The molecule has 0 saturated heterocycles. The molecular weight excluding hydrogens is 389 g/mol. The Morgan fingerprint density at radius 3 is 2.23 bits per heavy atom. The fraction of sp³-hybridized carbons (Fsp3) is 0.0870. The van der Waals surface area contributed by atoms with Gasteiger partial charge in [0.25, 0.3) is 0 Å². The summed E-state index contributed by atoms with van der Waals surface area (Å²) < 4.78 is 38.5. The van der Waals surface area contributed by atoms with Crippen LogP contribution < -0.4 is 5.73 Å². The molecule has 2 aromatic heterocycles. The second-order valence-corrected chi connectivity index (χ2v) is 6.85. The van der Waals surface area contributed by atoms with Gasteiger partial charge in [0.15, 0.2) is 5.82 Å². The second-order valence-electron chi connectivity index (χ2n) is 6.85. The number of hydrogen-bond acceptors (Lipinski definition) is 4. The predicted molar refractivity (Wildman–Crippen MR) is 110 cm³/mol. The number of halogens is 3. The Hall–Kier alpha value is -3.74. The highest BCUT2D eigenvalue weighted by atomic mass is 19.4. The topological polar surface area (TPSA) is 64.7 Å². The van der Waals surface area contributed by atoms with Crippen molar-refractivity contribution in [2.75, 3.05) is 5.73 Å². The maximum Gasteiger partial charge on any atom is 0.416 e. The zero-order chi connectivity index (χ0) is 21.3. The quantitative estimate of drug-likeness (QED) is 0.438. The first-order valence-corrected chi connectivity index (χ1v) is 9.15. The predicted octanol–water partition coefficient (Wildman–Crippen LogP) is 5.78. The van der Waals surface area contributed by atoms with Gasteiger partial charge in [0.1, 0.15) is 0 Å². The molecule has 7 heteroatoms. The Balaban J connectivity index is 1.73. The second kappa shape index (κ2) is 7.59. The van der Waals surface area contributed by atoms with Gasteiger partial charge in [-0.3, -0.25) is 4.98 Å². The third kappa shape index (κ3) is 4.15. The Labute approximate surface area is 171 Å². The van der Waals surface area contributed by atoms with E-state index in [4.69, 9.17) is 5.73 Å². The van der Waals surface area contributed by atoms with Crippen LogP contribution in [0.15, 0.2) is 72.9 Å². The molecule has 0 amide bonds. The zero-order valence-electron chi connectivity index (χ0n) is 16.0. The summed E-state index contributed by atoms with van der Waals surface area (Å²) in [6, 6.07) is 17.7. The van der Waals surface area contributed by atoms with Gasteiger partial charge < -0.3 is 5.73 Å². The lowest BCUT2D eigenvalue weighted by molar-refractivity contribution is -0.137. The van der Waals surface area contributed by atoms with Crippen molar-refractivity contribution in [3.8, 4) is 33.9 Å². The lowest BCUT2D eigenvalue weighted by Gasteiger charge is -2.10. The average molecular weight is 406 g/mol. The van der Waals surface area contributed by atoms with E-state index in [2.05, 4.69) is 15.0 Å². The fourth-order valence-corrected chi connectivity index (χ4v) is 3.14. The number of rotatable bonds is 3. The van der Waals surface area contributed by atoms with Gasteiger partial charge in [0.2, 0.25) is 0 Å². The van der Waals surface area contributed by atoms with Gasteiger partial charge in [0.05, 0.1) is 17.0 Å². The molecule has 0 bridgehead atoms. The lowest BCUT2D eigenvalue weighted by Crippen LogP contribution is -2.04. The molecule has 2 heterocycles. The van der Waals surface area contributed by atoms with E-state index in [1.165, 1.54) is 12.1 Å². The summed E-state index contributed by atoms with van der Waals surface area (Å²) in [7, 11) is 0. The zero-order valence-corrected chi connectivity index (χ0v) is 16.0. The molecule has 4 aromatic rings. The number of hydrogen-bond donors (Lipinski definition) is 1. The minimum absolute atomic E-state index is 0.513. The number of pyridine rings is 1. The monoisotopic (exact) mass is 406 g/mol. The molecule has 2 aromatic carbocycles. The molecular formula is C23H17F3N4. The molecule has 0 saturated carbocycles. The standard InChI is InChI=1S/C23H17F3N4/c1-14-11-17(15-5-7-18(8-6-15)23(24,25)26)13-21(29-14)20-9-10-28-22(30-20)16-3-2-4-19(27)12-16/h2-13H,27H2,1H3. The van der Waals surface area contributed by atoms with Crippen molar-refractivity contribution in [3.05, 3.63) is 84.2 Å². The van der Waals surface area contributed by atoms with E-state index in [-0.39, 0.29) is 0 Å². The number of aryl methyl sites for hydroxylation is 1. The summed E-state index contributed by atoms with van der Waals surface area (Å²) in [6.45, 7) is 1.83. The average Bonchev–Trinajstić information content (AvgIpc) is 2.73. The van der Waals surface area contributed by atoms with E-state index in [0.717, 1.165) is 29.0 Å². The molecule has 0 aliphatic heterocycles. The summed E-state index contributed by atoms with van der Waals surface area (Å²) in [5.41, 5.74) is 9.94. The number of nitrogens with zero attached hydrogens (tertiary/aromatic N) is 3. The van der Waals surface area contributed by atoms with Crippen molar-refractivity contribution in [1.82, 2.24) is 15.0 Å². The van der Waals surface area contributed by atoms with Crippen LogP contribution in [0, 0.1) is 6.92 Å². The normalized spacial score (nSPS) is 11.5. The Bertz CT molecular complexity index is 1200. The van der Waals surface area contributed by atoms with E-state index in [1.54, 1.807) is 30.5 Å². The number of benzene rings is 2. The molecule has 0 unspecified atom stereocenters. The van der Waals surface area contributed by atoms with Crippen molar-refractivity contribution < 1.29 is 13.2 Å². The first-order chi connectivity index (χ1) is 14.3. The molecule has 150 valence electrons. The number of aromatic nitrogens is 3. The van der Waals surface area contributed by atoms with Crippen LogP contribution in [0.4, 0.5) is 18.9 Å². The van der Waals surface area contributed by atoms with Crippen molar-refractivity contribution in [2.24, 2.45) is 0 Å². The van der Waals surface area contributed by atoms with Crippen LogP contribution in [0.1, 0.15) is 11.3 Å². The van der Waals surface area contributed by atoms with E-state index in [9.17, 15) is 13.2 Å². The van der Waals surface area contributed by atoms with Crippen LogP contribution in [-0.4, -0.2) is 15.0 Å². The third-order valence-electron chi connectivity index (χ3n) is 4.56. The van der Waals surface area contributed by atoms with Crippen molar-refractivity contribution in [2.45, 2.75) is 13.1 Å². The Kier molecular flexibility index (Phi) is 4.95. The SMILES string of the molecule is Cc1cc(-c2ccc(C(F)(F)F)cc2)cc(-c2ccnc(-c3cccc(N)c3)n2)n1. The summed E-state index contributed by atoms with van der Waals surface area (Å²) in [4.78, 5) is 13.5. The molecule has 0 aliphatic rings. The number of nitrogen functional groups attached to an aromatic ring is 1. The van der Waals surface area contributed by atoms with Crippen LogP contribution >= 0.6 is 0 Å². The van der Waals surface area contributed by atoms with E-state index >= 15 is 0 Å². The third-order valence-corrected chi connectivity index (χ3v) is 4.56. The van der Waals surface area contributed by atoms with Gasteiger partial charge in [-0.15, -0.1) is 0 Å². The molecule has 30 heavy (non-hydrogen) atoms. The van der Waals surface area contributed by atoms with Crippen LogP contribution in [0.3, 0.4) is 0 Å². The van der Waals surface area contributed by atoms with Crippen molar-refractivity contribution in [3.63, 3.8) is 0 Å². The van der Waals surface area contributed by atoms with Gasteiger partial charge >= 0.3 is 6.18 Å². The van der Waals surface area contributed by atoms with E-state index in [1.807, 2.05) is 25.1 Å². The highest BCUT2D eigenvalue weighted by molar-refractivity contribution is 5.71. The van der Waals surface area contributed by atoms with Gasteiger partial charge in [-0.05, 0) is 60.5 Å². The summed E-state index contributed by atoms with van der Waals surface area (Å²) >= 11 is 0. The molecule has 0 atom stereocenters. The number of alkyl halides is 3. The van der Waals surface area contributed by atoms with Crippen LogP contribution in [-0.2, 0) is 6.18 Å². The van der Waals surface area contributed by atoms with Gasteiger partial charge in [-0.2, -0.15) is 13.2 Å². The summed E-state index contributed by atoms with van der Waals surface area (Å²) in [5.74, 6) is 0.513.